The van der Waals surface area contributed by atoms with E-state index in [1.807, 2.05) is 0 Å². The van der Waals surface area contributed by atoms with Crippen LogP contribution in [0.5, 0.6) is 0 Å². The molecule has 0 radical (unpaired) electrons. The Morgan fingerprint density at radius 1 is 1.50 bits per heavy atom. The highest BCUT2D eigenvalue weighted by Crippen LogP contribution is 2.22. The Balaban J connectivity index is 2.09. The van der Waals surface area contributed by atoms with Crippen LogP contribution in [0.2, 0.25) is 0 Å². The normalized spacial score (nSPS) is 11.8. The fourth-order valence-electron chi connectivity index (χ4n) is 1.69. The smallest absolute Gasteiger partial charge is 0.336 e. The van der Waals surface area contributed by atoms with Crippen LogP contribution in [0, 0.1) is 5.92 Å². The third-order valence-electron chi connectivity index (χ3n) is 2.90. The molecule has 0 saturated carbocycles. The third-order valence-corrected chi connectivity index (χ3v) is 5.70. The van der Waals surface area contributed by atoms with Gasteiger partial charge in [-0.15, -0.1) is 11.3 Å². The van der Waals surface area contributed by atoms with Crippen molar-refractivity contribution in [2.45, 2.75) is 31.0 Å². The zero-order chi connectivity index (χ0) is 16.3. The molecule has 0 aliphatic heterocycles. The van der Waals surface area contributed by atoms with Crippen molar-refractivity contribution >= 4 is 33.1 Å². The van der Waals surface area contributed by atoms with Gasteiger partial charge in [0.25, 0.3) is 10.0 Å². The first kappa shape index (κ1) is 16.5. The number of aromatic nitrogens is 2. The molecule has 0 bridgehead atoms. The number of anilines is 1. The van der Waals surface area contributed by atoms with Crippen molar-refractivity contribution in [2.75, 3.05) is 4.72 Å². The first-order chi connectivity index (χ1) is 10.3. The molecule has 0 amide bonds. The number of carboxylic acids is 1. The van der Waals surface area contributed by atoms with Gasteiger partial charge in [-0.2, -0.15) is 5.10 Å². The van der Waals surface area contributed by atoms with E-state index in [1.54, 1.807) is 16.9 Å². The van der Waals surface area contributed by atoms with Gasteiger partial charge in [0.15, 0.2) is 5.82 Å². The van der Waals surface area contributed by atoms with E-state index in [1.165, 1.54) is 5.38 Å². The first-order valence-corrected chi connectivity index (χ1v) is 9.02. The molecule has 0 saturated heterocycles. The van der Waals surface area contributed by atoms with Crippen molar-refractivity contribution in [2.24, 2.45) is 5.92 Å². The molecule has 0 atom stereocenters. The van der Waals surface area contributed by atoms with Gasteiger partial charge in [0, 0.05) is 24.2 Å². The summed E-state index contributed by atoms with van der Waals surface area (Å²) in [6.45, 7) is 4.91. The van der Waals surface area contributed by atoms with Gasteiger partial charge in [-0.3, -0.25) is 9.40 Å². The minimum absolute atomic E-state index is 0.0483. The van der Waals surface area contributed by atoms with E-state index in [9.17, 15) is 13.2 Å². The van der Waals surface area contributed by atoms with Gasteiger partial charge in [-0.25, -0.2) is 13.2 Å². The van der Waals surface area contributed by atoms with E-state index in [2.05, 4.69) is 23.7 Å². The molecule has 2 heterocycles. The predicted octanol–water partition coefficient (Wildman–Crippen LogP) is 2.49. The van der Waals surface area contributed by atoms with Crippen LogP contribution in [-0.2, 0) is 16.6 Å². The monoisotopic (exact) mass is 343 g/mol. The molecule has 120 valence electrons. The summed E-state index contributed by atoms with van der Waals surface area (Å²) in [5.74, 6) is -0.408. The second kappa shape index (κ2) is 6.49. The lowest BCUT2D eigenvalue weighted by Crippen LogP contribution is -2.12. The van der Waals surface area contributed by atoms with Gasteiger partial charge in [0.1, 0.15) is 4.21 Å². The van der Waals surface area contributed by atoms with Gasteiger partial charge < -0.3 is 5.11 Å². The Morgan fingerprint density at radius 3 is 2.82 bits per heavy atom. The molecule has 0 unspecified atom stereocenters. The number of thiophene rings is 1. The number of rotatable bonds is 7. The molecule has 22 heavy (non-hydrogen) atoms. The quantitative estimate of drug-likeness (QED) is 0.804. The van der Waals surface area contributed by atoms with Crippen LogP contribution in [0.3, 0.4) is 0 Å². The number of nitrogens with zero attached hydrogens (tertiary/aromatic N) is 2. The molecule has 0 aliphatic carbocycles. The summed E-state index contributed by atoms with van der Waals surface area (Å²) >= 11 is 0.859. The van der Waals surface area contributed by atoms with Crippen LogP contribution in [0.15, 0.2) is 27.9 Å². The van der Waals surface area contributed by atoms with Gasteiger partial charge >= 0.3 is 5.97 Å². The van der Waals surface area contributed by atoms with E-state index in [0.29, 0.717) is 12.5 Å². The summed E-state index contributed by atoms with van der Waals surface area (Å²) in [6, 6.07) is 2.70. The van der Waals surface area contributed by atoms with E-state index in [4.69, 9.17) is 5.11 Å². The van der Waals surface area contributed by atoms with Crippen LogP contribution in [0.25, 0.3) is 0 Å². The van der Waals surface area contributed by atoms with Gasteiger partial charge in [0.2, 0.25) is 0 Å². The highest BCUT2D eigenvalue weighted by Gasteiger charge is 2.20. The topological polar surface area (TPSA) is 101 Å². The largest absolute Gasteiger partial charge is 0.478 e. The average molecular weight is 343 g/mol. The molecule has 0 aromatic carbocycles. The van der Waals surface area contributed by atoms with Gasteiger partial charge in [-0.1, -0.05) is 13.8 Å². The van der Waals surface area contributed by atoms with Crippen LogP contribution >= 0.6 is 11.3 Å². The molecule has 2 rings (SSSR count). The van der Waals surface area contributed by atoms with Gasteiger partial charge in [-0.05, 0) is 18.4 Å². The van der Waals surface area contributed by atoms with Crippen LogP contribution in [0.4, 0.5) is 5.82 Å². The molecule has 7 nitrogen and oxygen atoms in total. The van der Waals surface area contributed by atoms with E-state index in [0.717, 1.165) is 23.8 Å². The Morgan fingerprint density at radius 2 is 2.23 bits per heavy atom. The highest BCUT2D eigenvalue weighted by molar-refractivity contribution is 7.94. The van der Waals surface area contributed by atoms with Crippen molar-refractivity contribution in [1.82, 2.24) is 9.78 Å². The summed E-state index contributed by atoms with van der Waals surface area (Å²) in [5, 5.41) is 14.3. The third kappa shape index (κ3) is 4.08. The maximum atomic E-state index is 12.2. The van der Waals surface area contributed by atoms with Crippen molar-refractivity contribution in [3.05, 3.63) is 29.3 Å². The predicted molar refractivity (Wildman–Crippen MR) is 83.8 cm³/mol. The number of nitrogens with one attached hydrogen (secondary N) is 1. The van der Waals surface area contributed by atoms with E-state index < -0.39 is 16.0 Å². The Labute approximate surface area is 132 Å². The fraction of sp³-hybridized carbons (Fsp3) is 0.385. The highest BCUT2D eigenvalue weighted by atomic mass is 32.2. The van der Waals surface area contributed by atoms with Crippen LogP contribution in [0.1, 0.15) is 30.6 Å². The molecule has 0 spiro atoms. The lowest BCUT2D eigenvalue weighted by atomic mass is 10.1. The minimum Gasteiger partial charge on any atom is -0.478 e. The second-order valence-electron chi connectivity index (χ2n) is 5.21. The van der Waals surface area contributed by atoms with Gasteiger partial charge in [0.05, 0.1) is 5.56 Å². The maximum absolute atomic E-state index is 12.2. The first-order valence-electron chi connectivity index (χ1n) is 6.66. The van der Waals surface area contributed by atoms with Crippen molar-refractivity contribution < 1.29 is 18.3 Å². The summed E-state index contributed by atoms with van der Waals surface area (Å²) in [7, 11) is -3.81. The zero-order valence-electron chi connectivity index (χ0n) is 12.2. The number of carbonyl (C=O) groups is 1. The summed E-state index contributed by atoms with van der Waals surface area (Å²) in [5.41, 5.74) is -0.0483. The number of sulfonamides is 1. The molecule has 2 aromatic heterocycles. The van der Waals surface area contributed by atoms with Crippen LogP contribution < -0.4 is 4.72 Å². The molecule has 0 fully saturated rings. The second-order valence-corrected chi connectivity index (χ2v) is 8.03. The van der Waals surface area contributed by atoms with E-state index >= 15 is 0 Å². The average Bonchev–Trinajstić information content (AvgIpc) is 3.04. The maximum Gasteiger partial charge on any atom is 0.336 e. The summed E-state index contributed by atoms with van der Waals surface area (Å²) < 4.78 is 28.3. The van der Waals surface area contributed by atoms with Crippen LogP contribution in [-0.4, -0.2) is 29.3 Å². The Hall–Kier alpha value is -1.87. The number of hydrogen-bond donors (Lipinski definition) is 2. The molecule has 9 heteroatoms. The fourth-order valence-corrected chi connectivity index (χ4v) is 3.84. The van der Waals surface area contributed by atoms with Crippen molar-refractivity contribution in [1.29, 1.82) is 0 Å². The Kier molecular flexibility index (Phi) is 4.87. The number of hydrogen-bond acceptors (Lipinski definition) is 5. The number of carboxylic acid groups (broad SMARTS) is 1. The minimum atomic E-state index is -3.81. The van der Waals surface area contributed by atoms with Crippen molar-refractivity contribution in [3.8, 4) is 0 Å². The number of aromatic carboxylic acids is 1. The Bertz CT molecular complexity index is 762. The molecule has 2 N–H and O–H groups in total. The summed E-state index contributed by atoms with van der Waals surface area (Å²) in [4.78, 5) is 10.8. The summed E-state index contributed by atoms with van der Waals surface area (Å²) in [6.07, 6.45) is 2.65. The number of aryl methyl sites for hydroxylation is 1. The molecular formula is C13H17N3O4S2. The molecule has 0 aliphatic rings. The lowest BCUT2D eigenvalue weighted by molar-refractivity contribution is 0.0697. The lowest BCUT2D eigenvalue weighted by Gasteiger charge is -2.05. The standard InChI is InChI=1S/C13H17N3O4S2/c1-9(2)3-5-16-6-4-11(14-16)15-22(19,20)12-7-10(8-21-12)13(17)18/h4,6-9H,3,5H2,1-2H3,(H,14,15)(H,17,18). The van der Waals surface area contributed by atoms with E-state index in [-0.39, 0.29) is 15.6 Å². The zero-order valence-corrected chi connectivity index (χ0v) is 13.8. The SMILES string of the molecule is CC(C)CCn1ccc(NS(=O)(=O)c2cc(C(=O)O)cs2)n1. The molecular weight excluding hydrogens is 326 g/mol. The molecule has 2 aromatic rings. The van der Waals surface area contributed by atoms with Crippen molar-refractivity contribution in [3.63, 3.8) is 0 Å².